The Balaban J connectivity index is 1.68. The first-order valence-electron chi connectivity index (χ1n) is 7.07. The van der Waals surface area contributed by atoms with Gasteiger partial charge < -0.3 is 14.4 Å². The Morgan fingerprint density at radius 3 is 2.72 bits per heavy atom. The average Bonchev–Trinajstić information content (AvgIpc) is 2.34. The molecule has 3 saturated heterocycles. The van der Waals surface area contributed by atoms with Crippen LogP contribution in [-0.2, 0) is 14.3 Å². The molecule has 0 aliphatic carbocycles. The Labute approximate surface area is 109 Å². The Morgan fingerprint density at radius 2 is 2.00 bits per heavy atom. The van der Waals surface area contributed by atoms with Crippen molar-refractivity contribution in [1.82, 2.24) is 4.90 Å². The fraction of sp³-hybridized carbons (Fsp3) is 0.929. The molecule has 1 unspecified atom stereocenters. The third-order valence-electron chi connectivity index (χ3n) is 4.42. The number of ether oxygens (including phenoxy) is 2. The molecule has 4 nitrogen and oxygen atoms in total. The molecule has 0 saturated carbocycles. The monoisotopic (exact) mass is 253 g/mol. The van der Waals surface area contributed by atoms with E-state index in [0.29, 0.717) is 11.9 Å². The van der Waals surface area contributed by atoms with Crippen molar-refractivity contribution in [3.63, 3.8) is 0 Å². The van der Waals surface area contributed by atoms with Gasteiger partial charge >= 0.3 is 0 Å². The molecular weight excluding hydrogens is 230 g/mol. The first kappa shape index (κ1) is 12.4. The van der Waals surface area contributed by atoms with E-state index in [4.69, 9.17) is 9.47 Å². The van der Waals surface area contributed by atoms with Crippen LogP contribution >= 0.6 is 0 Å². The predicted molar refractivity (Wildman–Crippen MR) is 67.0 cm³/mol. The quantitative estimate of drug-likeness (QED) is 0.662. The molecule has 1 spiro atoms. The van der Waals surface area contributed by atoms with Crippen molar-refractivity contribution in [2.45, 2.75) is 57.8 Å². The number of carbonyl (C=O) groups is 1. The van der Waals surface area contributed by atoms with Gasteiger partial charge in [0.1, 0.15) is 0 Å². The Hall–Kier alpha value is -0.610. The SMILES string of the molecule is CC1(C)COC2(CCN3C(=O)CCCC3C2)OC1. The van der Waals surface area contributed by atoms with E-state index in [2.05, 4.69) is 13.8 Å². The van der Waals surface area contributed by atoms with Crippen LogP contribution in [0.5, 0.6) is 0 Å². The Morgan fingerprint density at radius 1 is 1.28 bits per heavy atom. The summed E-state index contributed by atoms with van der Waals surface area (Å²) in [5.41, 5.74) is 0.116. The predicted octanol–water partition coefficient (Wildman–Crippen LogP) is 1.93. The van der Waals surface area contributed by atoms with Crippen molar-refractivity contribution >= 4 is 5.91 Å². The molecule has 0 aromatic heterocycles. The maximum atomic E-state index is 11.8. The highest BCUT2D eigenvalue weighted by atomic mass is 16.7. The number of fused-ring (bicyclic) bond motifs is 1. The molecule has 18 heavy (non-hydrogen) atoms. The smallest absolute Gasteiger partial charge is 0.222 e. The lowest BCUT2D eigenvalue weighted by molar-refractivity contribution is -0.317. The molecule has 3 heterocycles. The molecule has 3 aliphatic rings. The van der Waals surface area contributed by atoms with E-state index in [9.17, 15) is 4.79 Å². The van der Waals surface area contributed by atoms with E-state index in [-0.39, 0.29) is 5.41 Å². The van der Waals surface area contributed by atoms with Crippen molar-refractivity contribution in [3.8, 4) is 0 Å². The molecule has 1 atom stereocenters. The van der Waals surface area contributed by atoms with E-state index in [0.717, 1.165) is 51.9 Å². The molecule has 0 bridgehead atoms. The Bertz CT molecular complexity index is 343. The molecule has 0 aromatic carbocycles. The fourth-order valence-electron chi connectivity index (χ4n) is 3.26. The number of hydrogen-bond acceptors (Lipinski definition) is 3. The van der Waals surface area contributed by atoms with Crippen LogP contribution in [0.25, 0.3) is 0 Å². The maximum absolute atomic E-state index is 11.8. The van der Waals surface area contributed by atoms with Gasteiger partial charge in [-0.1, -0.05) is 13.8 Å². The number of rotatable bonds is 0. The number of piperidine rings is 2. The molecule has 0 radical (unpaired) electrons. The van der Waals surface area contributed by atoms with E-state index in [1.807, 2.05) is 4.90 Å². The summed E-state index contributed by atoms with van der Waals surface area (Å²) in [4.78, 5) is 13.9. The van der Waals surface area contributed by atoms with E-state index in [1.165, 1.54) is 0 Å². The van der Waals surface area contributed by atoms with Crippen LogP contribution in [0.15, 0.2) is 0 Å². The molecule has 102 valence electrons. The second kappa shape index (κ2) is 4.20. The molecular formula is C14H23NO3. The van der Waals surface area contributed by atoms with Gasteiger partial charge in [0.2, 0.25) is 5.91 Å². The molecule has 3 aliphatic heterocycles. The number of hydrogen-bond donors (Lipinski definition) is 0. The molecule has 0 aromatic rings. The second-order valence-electron chi connectivity index (χ2n) is 6.74. The number of carbonyl (C=O) groups excluding carboxylic acids is 1. The molecule has 3 rings (SSSR count). The second-order valence-corrected chi connectivity index (χ2v) is 6.74. The lowest BCUT2D eigenvalue weighted by Gasteiger charge is -2.51. The minimum absolute atomic E-state index is 0.116. The van der Waals surface area contributed by atoms with Crippen LogP contribution in [0, 0.1) is 5.41 Å². The average molecular weight is 253 g/mol. The number of amides is 1. The third-order valence-corrected chi connectivity index (χ3v) is 4.42. The summed E-state index contributed by atoms with van der Waals surface area (Å²) in [6, 6.07) is 0.334. The molecule has 4 heteroatoms. The van der Waals surface area contributed by atoms with Gasteiger partial charge in [0.15, 0.2) is 5.79 Å². The third kappa shape index (κ3) is 2.16. The van der Waals surface area contributed by atoms with Gasteiger partial charge in [0.25, 0.3) is 0 Å². The lowest BCUT2D eigenvalue weighted by atomic mass is 9.86. The molecule has 3 fully saturated rings. The zero-order chi connectivity index (χ0) is 12.8. The van der Waals surface area contributed by atoms with E-state index < -0.39 is 5.79 Å². The van der Waals surface area contributed by atoms with Crippen molar-refractivity contribution in [1.29, 1.82) is 0 Å². The highest BCUT2D eigenvalue weighted by molar-refractivity contribution is 5.77. The molecule has 0 N–H and O–H groups in total. The van der Waals surface area contributed by atoms with Gasteiger partial charge in [-0.15, -0.1) is 0 Å². The highest BCUT2D eigenvalue weighted by Crippen LogP contribution is 2.40. The van der Waals surface area contributed by atoms with Crippen molar-refractivity contribution in [2.75, 3.05) is 19.8 Å². The minimum Gasteiger partial charge on any atom is -0.349 e. The Kier molecular flexibility index (Phi) is 2.90. The summed E-state index contributed by atoms with van der Waals surface area (Å²) in [5, 5.41) is 0. The fourth-order valence-corrected chi connectivity index (χ4v) is 3.26. The van der Waals surface area contributed by atoms with E-state index >= 15 is 0 Å². The largest absolute Gasteiger partial charge is 0.349 e. The summed E-state index contributed by atoms with van der Waals surface area (Å²) in [6.45, 7) is 6.64. The van der Waals surface area contributed by atoms with Crippen LogP contribution in [-0.4, -0.2) is 42.4 Å². The van der Waals surface area contributed by atoms with Crippen molar-refractivity contribution < 1.29 is 14.3 Å². The van der Waals surface area contributed by atoms with Crippen molar-refractivity contribution in [2.24, 2.45) is 5.41 Å². The van der Waals surface area contributed by atoms with E-state index in [1.54, 1.807) is 0 Å². The first-order chi connectivity index (χ1) is 8.50. The minimum atomic E-state index is -0.408. The van der Waals surface area contributed by atoms with Gasteiger partial charge in [-0.25, -0.2) is 0 Å². The van der Waals surface area contributed by atoms with Gasteiger partial charge in [-0.05, 0) is 12.8 Å². The van der Waals surface area contributed by atoms with Crippen LogP contribution in [0.2, 0.25) is 0 Å². The summed E-state index contributed by atoms with van der Waals surface area (Å²) < 4.78 is 12.1. The van der Waals surface area contributed by atoms with Crippen LogP contribution < -0.4 is 0 Å². The van der Waals surface area contributed by atoms with Gasteiger partial charge in [-0.3, -0.25) is 4.79 Å². The topological polar surface area (TPSA) is 38.8 Å². The normalized spacial score (nSPS) is 34.4. The van der Waals surface area contributed by atoms with Gasteiger partial charge in [0, 0.05) is 37.3 Å². The summed E-state index contributed by atoms with van der Waals surface area (Å²) in [5.74, 6) is -0.0915. The first-order valence-corrected chi connectivity index (χ1v) is 7.07. The highest BCUT2D eigenvalue weighted by Gasteiger charge is 2.47. The van der Waals surface area contributed by atoms with Gasteiger partial charge in [0.05, 0.1) is 13.2 Å². The number of nitrogens with zero attached hydrogens (tertiary/aromatic N) is 1. The van der Waals surface area contributed by atoms with Crippen molar-refractivity contribution in [3.05, 3.63) is 0 Å². The van der Waals surface area contributed by atoms with Crippen LogP contribution in [0.3, 0.4) is 0 Å². The van der Waals surface area contributed by atoms with Gasteiger partial charge in [-0.2, -0.15) is 0 Å². The standard InChI is InChI=1S/C14H23NO3/c1-13(2)9-17-14(18-10-13)6-7-15-11(8-14)4-3-5-12(15)16/h11H,3-10H2,1-2H3. The molecule has 1 amide bonds. The summed E-state index contributed by atoms with van der Waals surface area (Å²) in [7, 11) is 0. The van der Waals surface area contributed by atoms with Crippen LogP contribution in [0.4, 0.5) is 0 Å². The zero-order valence-electron chi connectivity index (χ0n) is 11.4. The zero-order valence-corrected chi connectivity index (χ0v) is 11.4. The summed E-state index contributed by atoms with van der Waals surface area (Å²) in [6.07, 6.45) is 4.52. The maximum Gasteiger partial charge on any atom is 0.222 e. The lowest BCUT2D eigenvalue weighted by Crippen LogP contribution is -2.59. The summed E-state index contributed by atoms with van der Waals surface area (Å²) >= 11 is 0. The van der Waals surface area contributed by atoms with Crippen LogP contribution in [0.1, 0.15) is 46.0 Å².